The van der Waals surface area contributed by atoms with Crippen LogP contribution in [0.3, 0.4) is 0 Å². The minimum absolute atomic E-state index is 0.0118. The number of carbonyl (C=O) groups excluding carboxylic acids is 1. The van der Waals surface area contributed by atoms with Crippen LogP contribution in [0.25, 0.3) is 0 Å². The molecule has 0 bridgehead atoms. The third-order valence-corrected chi connectivity index (χ3v) is 3.50. The van der Waals surface area contributed by atoms with Gasteiger partial charge in [-0.3, -0.25) is 9.00 Å². The summed E-state index contributed by atoms with van der Waals surface area (Å²) in [6.07, 6.45) is 3.33. The maximum Gasteiger partial charge on any atom is 0.220 e. The van der Waals surface area contributed by atoms with Gasteiger partial charge in [0, 0.05) is 35.3 Å². The van der Waals surface area contributed by atoms with E-state index in [0.717, 1.165) is 19.5 Å². The van der Waals surface area contributed by atoms with E-state index in [4.69, 9.17) is 0 Å². The molecule has 3 unspecified atom stereocenters. The van der Waals surface area contributed by atoms with E-state index in [1.807, 2.05) is 6.92 Å². The maximum absolute atomic E-state index is 11.6. The Balaban J connectivity index is 2.19. The van der Waals surface area contributed by atoms with Gasteiger partial charge in [0.2, 0.25) is 5.91 Å². The Morgan fingerprint density at radius 3 is 2.93 bits per heavy atom. The molecule has 0 radical (unpaired) electrons. The van der Waals surface area contributed by atoms with Crippen LogP contribution in [0.5, 0.6) is 0 Å². The predicted octanol–water partition coefficient (Wildman–Crippen LogP) is -0.131. The van der Waals surface area contributed by atoms with Crippen molar-refractivity contribution in [1.82, 2.24) is 10.6 Å². The first-order valence-corrected chi connectivity index (χ1v) is 7.10. The lowest BCUT2D eigenvalue weighted by atomic mass is 10.0. The van der Waals surface area contributed by atoms with Crippen molar-refractivity contribution in [3.8, 4) is 0 Å². The van der Waals surface area contributed by atoms with E-state index in [1.54, 1.807) is 6.26 Å². The van der Waals surface area contributed by atoms with Gasteiger partial charge in [0.1, 0.15) is 0 Å². The molecule has 0 aromatic rings. The summed E-state index contributed by atoms with van der Waals surface area (Å²) in [7, 11) is -0.843. The van der Waals surface area contributed by atoms with Gasteiger partial charge < -0.3 is 10.6 Å². The summed E-state index contributed by atoms with van der Waals surface area (Å²) in [5.41, 5.74) is 0. The molecule has 0 spiro atoms. The lowest BCUT2D eigenvalue weighted by Gasteiger charge is -2.14. The molecule has 4 nitrogen and oxygen atoms in total. The normalized spacial score (nSPS) is 24.8. The molecular weight excluding hydrogens is 212 g/mol. The molecule has 1 amide bonds. The highest BCUT2D eigenvalue weighted by Gasteiger charge is 2.18. The Morgan fingerprint density at radius 1 is 1.67 bits per heavy atom. The third kappa shape index (κ3) is 5.28. The minimum Gasteiger partial charge on any atom is -0.353 e. The van der Waals surface area contributed by atoms with Crippen molar-refractivity contribution in [2.45, 2.75) is 25.8 Å². The van der Waals surface area contributed by atoms with Gasteiger partial charge >= 0.3 is 0 Å². The number of hydrogen-bond acceptors (Lipinski definition) is 3. The van der Waals surface area contributed by atoms with Crippen molar-refractivity contribution in [1.29, 1.82) is 0 Å². The molecule has 0 aromatic heterocycles. The molecular formula is C10H20N2O2S. The molecule has 15 heavy (non-hydrogen) atoms. The largest absolute Gasteiger partial charge is 0.353 e. The van der Waals surface area contributed by atoms with Crippen LogP contribution >= 0.6 is 0 Å². The first-order chi connectivity index (χ1) is 7.08. The molecule has 0 saturated carbocycles. The van der Waals surface area contributed by atoms with Gasteiger partial charge in [-0.05, 0) is 32.4 Å². The second-order valence-corrected chi connectivity index (χ2v) is 5.75. The molecule has 1 fully saturated rings. The van der Waals surface area contributed by atoms with Crippen molar-refractivity contribution in [3.05, 3.63) is 0 Å². The SMILES string of the molecule is CC(CS(C)=O)NC(=O)CC1CCNC1. The Bertz CT molecular complexity index is 240. The van der Waals surface area contributed by atoms with Crippen LogP contribution in [0.15, 0.2) is 0 Å². The zero-order valence-electron chi connectivity index (χ0n) is 9.41. The predicted molar refractivity (Wildman–Crippen MR) is 62.1 cm³/mol. The fraction of sp³-hybridized carbons (Fsp3) is 0.900. The van der Waals surface area contributed by atoms with Gasteiger partial charge in [-0.1, -0.05) is 0 Å². The summed E-state index contributed by atoms with van der Waals surface area (Å²) in [6, 6.07) is 0.0118. The molecule has 1 rings (SSSR count). The molecule has 1 heterocycles. The highest BCUT2D eigenvalue weighted by atomic mass is 32.2. The van der Waals surface area contributed by atoms with Crippen LogP contribution in [0.2, 0.25) is 0 Å². The zero-order chi connectivity index (χ0) is 11.3. The number of amides is 1. The average molecular weight is 232 g/mol. The number of nitrogens with one attached hydrogen (secondary N) is 2. The van der Waals surface area contributed by atoms with Gasteiger partial charge in [0.05, 0.1) is 0 Å². The molecule has 2 N–H and O–H groups in total. The Kier molecular flexibility index (Phi) is 5.25. The van der Waals surface area contributed by atoms with E-state index in [0.29, 0.717) is 18.1 Å². The second kappa shape index (κ2) is 6.23. The van der Waals surface area contributed by atoms with Gasteiger partial charge in [-0.15, -0.1) is 0 Å². The maximum atomic E-state index is 11.6. The molecule has 88 valence electrons. The highest BCUT2D eigenvalue weighted by Crippen LogP contribution is 2.11. The van der Waals surface area contributed by atoms with E-state index < -0.39 is 10.8 Å². The van der Waals surface area contributed by atoms with Crippen LogP contribution in [-0.2, 0) is 15.6 Å². The fourth-order valence-corrected chi connectivity index (χ4v) is 2.67. The number of rotatable bonds is 5. The summed E-state index contributed by atoms with van der Waals surface area (Å²) in [4.78, 5) is 11.6. The molecule has 0 aromatic carbocycles. The van der Waals surface area contributed by atoms with E-state index >= 15 is 0 Å². The molecule has 1 aliphatic rings. The molecule has 3 atom stereocenters. The first kappa shape index (κ1) is 12.6. The summed E-state index contributed by atoms with van der Waals surface area (Å²) < 4.78 is 10.9. The topological polar surface area (TPSA) is 58.2 Å². The Hall–Kier alpha value is -0.420. The van der Waals surface area contributed by atoms with Crippen molar-refractivity contribution in [2.75, 3.05) is 25.1 Å². The summed E-state index contributed by atoms with van der Waals surface area (Å²) in [5.74, 6) is 1.10. The van der Waals surface area contributed by atoms with E-state index in [9.17, 15) is 9.00 Å². The molecule has 0 aliphatic carbocycles. The molecule has 1 saturated heterocycles. The monoisotopic (exact) mass is 232 g/mol. The van der Waals surface area contributed by atoms with E-state index in [2.05, 4.69) is 10.6 Å². The minimum atomic E-state index is -0.843. The number of hydrogen-bond donors (Lipinski definition) is 2. The smallest absolute Gasteiger partial charge is 0.220 e. The van der Waals surface area contributed by atoms with Crippen LogP contribution < -0.4 is 10.6 Å². The quantitative estimate of drug-likeness (QED) is 0.694. The molecule has 1 aliphatic heterocycles. The lowest BCUT2D eigenvalue weighted by Crippen LogP contribution is -2.37. The van der Waals surface area contributed by atoms with Crippen molar-refractivity contribution in [2.24, 2.45) is 5.92 Å². The standard InChI is InChI=1S/C10H20N2O2S/c1-8(7-15(2)14)12-10(13)5-9-3-4-11-6-9/h8-9,11H,3-7H2,1-2H3,(H,12,13). The van der Waals surface area contributed by atoms with Gasteiger partial charge in [0.15, 0.2) is 0 Å². The van der Waals surface area contributed by atoms with Gasteiger partial charge in [0.25, 0.3) is 0 Å². The third-order valence-electron chi connectivity index (χ3n) is 2.53. The van der Waals surface area contributed by atoms with E-state index in [-0.39, 0.29) is 11.9 Å². The first-order valence-electron chi connectivity index (χ1n) is 5.38. The van der Waals surface area contributed by atoms with Crippen LogP contribution in [0.1, 0.15) is 19.8 Å². The van der Waals surface area contributed by atoms with Crippen LogP contribution in [0, 0.1) is 5.92 Å². The lowest BCUT2D eigenvalue weighted by molar-refractivity contribution is -0.122. The zero-order valence-corrected chi connectivity index (χ0v) is 10.2. The van der Waals surface area contributed by atoms with Crippen molar-refractivity contribution >= 4 is 16.7 Å². The Labute approximate surface area is 93.7 Å². The highest BCUT2D eigenvalue weighted by molar-refractivity contribution is 7.84. The average Bonchev–Trinajstić information content (AvgIpc) is 2.53. The molecule has 5 heteroatoms. The second-order valence-electron chi connectivity index (χ2n) is 4.27. The summed E-state index contributed by atoms with van der Waals surface area (Å²) >= 11 is 0. The van der Waals surface area contributed by atoms with Gasteiger partial charge in [-0.25, -0.2) is 0 Å². The fourth-order valence-electron chi connectivity index (χ4n) is 1.88. The van der Waals surface area contributed by atoms with Crippen molar-refractivity contribution in [3.63, 3.8) is 0 Å². The van der Waals surface area contributed by atoms with Crippen LogP contribution in [0.4, 0.5) is 0 Å². The van der Waals surface area contributed by atoms with Crippen LogP contribution in [-0.4, -0.2) is 41.3 Å². The van der Waals surface area contributed by atoms with E-state index in [1.165, 1.54) is 0 Å². The van der Waals surface area contributed by atoms with Gasteiger partial charge in [-0.2, -0.15) is 0 Å². The summed E-state index contributed by atoms with van der Waals surface area (Å²) in [6.45, 7) is 3.86. The number of carbonyl (C=O) groups is 1. The van der Waals surface area contributed by atoms with Crippen molar-refractivity contribution < 1.29 is 9.00 Å². The summed E-state index contributed by atoms with van der Waals surface area (Å²) in [5, 5.41) is 6.11. The Morgan fingerprint density at radius 2 is 2.40 bits per heavy atom.